The quantitative estimate of drug-likeness (QED) is 0.688. The third-order valence-electron chi connectivity index (χ3n) is 8.22. The monoisotopic (exact) mass is 486 g/mol. The molecule has 3 aliphatic heterocycles. The van der Waals surface area contributed by atoms with E-state index in [2.05, 4.69) is 40.1 Å². The van der Waals surface area contributed by atoms with Gasteiger partial charge in [0, 0.05) is 22.5 Å². The van der Waals surface area contributed by atoms with Gasteiger partial charge in [-0.25, -0.2) is 4.98 Å². The van der Waals surface area contributed by atoms with Gasteiger partial charge in [0.15, 0.2) is 0 Å². The second kappa shape index (κ2) is 9.70. The average molecular weight is 487 g/mol. The topological polar surface area (TPSA) is 77.9 Å². The van der Waals surface area contributed by atoms with Gasteiger partial charge in [-0.1, -0.05) is 11.6 Å². The minimum atomic E-state index is -0.441. The number of benzene rings is 1. The van der Waals surface area contributed by atoms with Crippen LogP contribution in [0.3, 0.4) is 0 Å². The summed E-state index contributed by atoms with van der Waals surface area (Å²) in [6.07, 6.45) is 5.09. The maximum absolute atomic E-state index is 12.7. The molecule has 3 fully saturated rings. The summed E-state index contributed by atoms with van der Waals surface area (Å²) in [5, 5.41) is 16.2. The number of amides is 1. The van der Waals surface area contributed by atoms with Crippen molar-refractivity contribution in [2.75, 3.05) is 51.8 Å². The number of nitrogens with zero attached hydrogens (tertiary/aromatic N) is 3. The highest BCUT2D eigenvalue weighted by Crippen LogP contribution is 2.38. The Kier molecular flexibility index (Phi) is 6.84. The predicted octanol–water partition coefficient (Wildman–Crippen LogP) is 3.50. The van der Waals surface area contributed by atoms with Crippen LogP contribution in [0.4, 0.5) is 5.82 Å². The molecule has 0 radical (unpaired) electrons. The fourth-order valence-corrected chi connectivity index (χ4v) is 6.05. The van der Waals surface area contributed by atoms with E-state index in [9.17, 15) is 9.90 Å². The van der Waals surface area contributed by atoms with Crippen LogP contribution in [-0.4, -0.2) is 83.9 Å². The lowest BCUT2D eigenvalue weighted by molar-refractivity contribution is -0.121. The Hall–Kier alpha value is -1.77. The number of aromatic nitrogens is 1. The number of carbonyl (C=O) groups is 1. The van der Waals surface area contributed by atoms with Gasteiger partial charge < -0.3 is 20.1 Å². The van der Waals surface area contributed by atoms with Gasteiger partial charge in [0.25, 0.3) is 0 Å². The van der Waals surface area contributed by atoms with Gasteiger partial charge >= 0.3 is 0 Å². The fraction of sp³-hybridized carbons (Fsp3) is 0.615. The minimum Gasteiger partial charge on any atom is -0.389 e. The summed E-state index contributed by atoms with van der Waals surface area (Å²) in [6, 6.07) is 6.12. The van der Waals surface area contributed by atoms with Crippen LogP contribution < -0.4 is 5.32 Å². The van der Waals surface area contributed by atoms with Crippen molar-refractivity contribution in [3.8, 4) is 0 Å². The summed E-state index contributed by atoms with van der Waals surface area (Å²) in [5.74, 6) is 1.07. The van der Waals surface area contributed by atoms with Crippen molar-refractivity contribution in [1.82, 2.24) is 14.8 Å². The van der Waals surface area contributed by atoms with Crippen molar-refractivity contribution in [3.63, 3.8) is 0 Å². The predicted molar refractivity (Wildman–Crippen MR) is 134 cm³/mol. The summed E-state index contributed by atoms with van der Waals surface area (Å²) >= 11 is 6.71. The highest BCUT2D eigenvalue weighted by molar-refractivity contribution is 6.32. The molecule has 0 bridgehead atoms. The average Bonchev–Trinajstić information content (AvgIpc) is 3.18. The van der Waals surface area contributed by atoms with Crippen LogP contribution in [0.2, 0.25) is 5.02 Å². The van der Waals surface area contributed by atoms with Gasteiger partial charge in [-0.3, -0.25) is 9.69 Å². The van der Waals surface area contributed by atoms with Gasteiger partial charge in [0.1, 0.15) is 5.82 Å². The molecule has 3 saturated heterocycles. The van der Waals surface area contributed by atoms with Gasteiger partial charge in [-0.2, -0.15) is 0 Å². The van der Waals surface area contributed by atoms with Crippen molar-refractivity contribution >= 4 is 34.1 Å². The number of likely N-dealkylation sites (tertiary alicyclic amines) is 2. The van der Waals surface area contributed by atoms with Crippen LogP contribution in [0.15, 0.2) is 24.4 Å². The van der Waals surface area contributed by atoms with Crippen molar-refractivity contribution in [2.24, 2.45) is 5.92 Å². The molecule has 7 nitrogen and oxygen atoms in total. The van der Waals surface area contributed by atoms with Crippen LogP contribution in [0.5, 0.6) is 0 Å². The third kappa shape index (κ3) is 4.69. The first-order chi connectivity index (χ1) is 16.3. The molecule has 2 N–H and O–H groups in total. The molecule has 1 aromatic carbocycles. The fourth-order valence-electron chi connectivity index (χ4n) is 5.72. The minimum absolute atomic E-state index is 0.0466. The van der Waals surface area contributed by atoms with Gasteiger partial charge in [-0.15, -0.1) is 0 Å². The van der Waals surface area contributed by atoms with E-state index in [-0.39, 0.29) is 17.4 Å². The van der Waals surface area contributed by atoms with Crippen LogP contribution in [-0.2, 0) is 9.53 Å². The highest BCUT2D eigenvalue weighted by atomic mass is 35.5. The van der Waals surface area contributed by atoms with Crippen molar-refractivity contribution in [2.45, 2.75) is 50.2 Å². The number of ether oxygens (including phenoxy) is 1. The van der Waals surface area contributed by atoms with E-state index < -0.39 is 6.10 Å². The molecule has 34 heavy (non-hydrogen) atoms. The molecule has 0 saturated carbocycles. The number of aliphatic hydroxyl groups is 1. The second-order valence-electron chi connectivity index (χ2n) is 10.5. The maximum atomic E-state index is 12.7. The molecule has 184 valence electrons. The van der Waals surface area contributed by atoms with Crippen molar-refractivity contribution < 1.29 is 14.6 Å². The van der Waals surface area contributed by atoms with Crippen LogP contribution in [0.25, 0.3) is 10.8 Å². The molecule has 4 heterocycles. The molecule has 5 rings (SSSR count). The third-order valence-corrected chi connectivity index (χ3v) is 8.55. The molecule has 0 aliphatic carbocycles. The highest BCUT2D eigenvalue weighted by Gasteiger charge is 2.45. The van der Waals surface area contributed by atoms with E-state index in [1.807, 2.05) is 12.1 Å². The Morgan fingerprint density at radius 1 is 1.15 bits per heavy atom. The standard InChI is InChI=1S/C26H35ClN4O3/c1-26(16-34-15-23(26)32)31-9-5-17(6-10-31)21-11-19-13-24(28-14-20(19)12-22(21)27)29-25(33)18-3-7-30(2)8-4-18/h11-14,17-18,23,32H,3-10,15-16H2,1-2H3,(H,28,29,33)/t23-,26+/m0/s1. The van der Waals surface area contributed by atoms with Gasteiger partial charge in [-0.05, 0) is 101 Å². The zero-order valence-corrected chi connectivity index (χ0v) is 20.9. The number of halogens is 1. The Balaban J connectivity index is 1.29. The Bertz CT molecular complexity index is 1050. The van der Waals surface area contributed by atoms with Crippen molar-refractivity contribution in [3.05, 3.63) is 35.0 Å². The first kappa shape index (κ1) is 23.9. The van der Waals surface area contributed by atoms with E-state index in [1.54, 1.807) is 6.20 Å². The number of rotatable bonds is 4. The van der Waals surface area contributed by atoms with Gasteiger partial charge in [0.2, 0.25) is 5.91 Å². The number of pyridine rings is 1. The molecule has 0 spiro atoms. The van der Waals surface area contributed by atoms with E-state index in [0.717, 1.165) is 73.2 Å². The Morgan fingerprint density at radius 2 is 1.88 bits per heavy atom. The zero-order chi connectivity index (χ0) is 23.9. The van der Waals surface area contributed by atoms with Crippen LogP contribution in [0, 0.1) is 5.92 Å². The molecule has 2 atom stereocenters. The lowest BCUT2D eigenvalue weighted by Crippen LogP contribution is -2.56. The maximum Gasteiger partial charge on any atom is 0.228 e. The first-order valence-electron chi connectivity index (χ1n) is 12.4. The number of anilines is 1. The zero-order valence-electron chi connectivity index (χ0n) is 20.1. The number of aliphatic hydroxyl groups excluding tert-OH is 1. The van der Waals surface area contributed by atoms with Crippen LogP contribution >= 0.6 is 11.6 Å². The molecular weight excluding hydrogens is 452 g/mol. The summed E-state index contributed by atoms with van der Waals surface area (Å²) < 4.78 is 5.54. The smallest absolute Gasteiger partial charge is 0.228 e. The molecule has 0 unspecified atom stereocenters. The molecule has 3 aliphatic rings. The Labute approximate surface area is 206 Å². The summed E-state index contributed by atoms with van der Waals surface area (Å²) in [7, 11) is 2.10. The van der Waals surface area contributed by atoms with Crippen LogP contribution in [0.1, 0.15) is 44.1 Å². The normalized spacial score (nSPS) is 27.9. The Morgan fingerprint density at radius 3 is 2.56 bits per heavy atom. The number of nitrogens with one attached hydrogen (secondary N) is 1. The molecular formula is C26H35ClN4O3. The summed E-state index contributed by atoms with van der Waals surface area (Å²) in [6.45, 7) is 6.81. The number of fused-ring (bicyclic) bond motifs is 1. The SMILES string of the molecule is CN1CCC(C(=O)Nc2cc3cc(C4CCN([C@]5(C)COC[C@@H]5O)CC4)c(Cl)cc3cn2)CC1. The van der Waals surface area contributed by atoms with E-state index in [1.165, 1.54) is 0 Å². The number of piperidine rings is 2. The number of hydrogen-bond donors (Lipinski definition) is 2. The van der Waals surface area contributed by atoms with Gasteiger partial charge in [0.05, 0.1) is 24.9 Å². The summed E-state index contributed by atoms with van der Waals surface area (Å²) in [5.41, 5.74) is 0.853. The molecule has 1 aromatic heterocycles. The van der Waals surface area contributed by atoms with E-state index >= 15 is 0 Å². The lowest BCUT2D eigenvalue weighted by Gasteiger charge is -2.43. The van der Waals surface area contributed by atoms with E-state index in [4.69, 9.17) is 16.3 Å². The first-order valence-corrected chi connectivity index (χ1v) is 12.8. The molecule has 2 aromatic rings. The number of carbonyl (C=O) groups excluding carboxylic acids is 1. The lowest BCUT2D eigenvalue weighted by atomic mass is 9.85. The number of hydrogen-bond acceptors (Lipinski definition) is 6. The van der Waals surface area contributed by atoms with Crippen molar-refractivity contribution in [1.29, 1.82) is 0 Å². The largest absolute Gasteiger partial charge is 0.389 e. The van der Waals surface area contributed by atoms with E-state index in [0.29, 0.717) is 24.9 Å². The summed E-state index contributed by atoms with van der Waals surface area (Å²) in [4.78, 5) is 21.8. The molecule has 1 amide bonds. The second-order valence-corrected chi connectivity index (χ2v) is 10.9. The molecule has 8 heteroatoms.